The molecule has 0 aliphatic carbocycles. The Morgan fingerprint density at radius 3 is 2.58 bits per heavy atom. The molecule has 1 aliphatic rings. The second kappa shape index (κ2) is 6.98. The number of aromatic amines is 2. The highest BCUT2D eigenvalue weighted by Crippen LogP contribution is 2.34. The number of carbonyl (C=O) groups excluding carboxylic acids is 1. The molecule has 2 aromatic heterocycles. The molecule has 0 saturated carbocycles. The lowest BCUT2D eigenvalue weighted by Gasteiger charge is -2.33. The van der Waals surface area contributed by atoms with E-state index in [0.29, 0.717) is 22.2 Å². The first kappa shape index (κ1) is 19.4. The van der Waals surface area contributed by atoms with Crippen molar-refractivity contribution in [3.8, 4) is 0 Å². The topological polar surface area (TPSA) is 78.2 Å². The van der Waals surface area contributed by atoms with Crippen molar-refractivity contribution < 1.29 is 22.7 Å². The summed E-state index contributed by atoms with van der Waals surface area (Å²) in [5.74, 6) is -3.05. The van der Waals surface area contributed by atoms with Crippen molar-refractivity contribution in [1.82, 2.24) is 14.9 Å². The Labute approximate surface area is 173 Å². The Balaban J connectivity index is 1.61. The van der Waals surface area contributed by atoms with Crippen LogP contribution in [0.3, 0.4) is 0 Å². The van der Waals surface area contributed by atoms with Crippen molar-refractivity contribution in [3.63, 3.8) is 0 Å². The number of benzene rings is 2. The summed E-state index contributed by atoms with van der Waals surface area (Å²) in [5, 5.41) is 0.890. The Bertz CT molecular complexity index is 1430. The van der Waals surface area contributed by atoms with E-state index in [1.807, 2.05) is 0 Å². The predicted molar refractivity (Wildman–Crippen MR) is 107 cm³/mol. The second-order valence-corrected chi connectivity index (χ2v) is 7.52. The van der Waals surface area contributed by atoms with E-state index in [2.05, 4.69) is 9.97 Å². The number of carbonyl (C=O) groups is 1. The van der Waals surface area contributed by atoms with E-state index in [1.165, 1.54) is 17.0 Å². The van der Waals surface area contributed by atoms with Crippen molar-refractivity contribution in [2.75, 3.05) is 13.7 Å². The predicted octanol–water partition coefficient (Wildman–Crippen LogP) is 3.77. The summed E-state index contributed by atoms with van der Waals surface area (Å²) < 4.78 is 46.8. The molecule has 6 nitrogen and oxygen atoms in total. The van der Waals surface area contributed by atoms with E-state index in [1.54, 1.807) is 19.2 Å². The average Bonchev–Trinajstić information content (AvgIpc) is 3.17. The molecule has 0 spiro atoms. The maximum absolute atomic E-state index is 14.0. The van der Waals surface area contributed by atoms with Gasteiger partial charge in [-0.15, -0.1) is 0 Å². The van der Waals surface area contributed by atoms with Crippen molar-refractivity contribution >= 4 is 27.6 Å². The number of nitrogens with one attached hydrogen (secondary N) is 2. The minimum atomic E-state index is -1.13. The first-order valence-electron chi connectivity index (χ1n) is 9.50. The number of nitrogens with zero attached hydrogens (tertiary/aromatic N) is 1. The number of hydrogen-bond acceptors (Lipinski definition) is 3. The molecule has 1 amide bonds. The first-order valence-corrected chi connectivity index (χ1v) is 9.50. The van der Waals surface area contributed by atoms with Gasteiger partial charge in [0, 0.05) is 29.2 Å². The molecule has 5 rings (SSSR count). The summed E-state index contributed by atoms with van der Waals surface area (Å²) in [4.78, 5) is 32.5. The lowest BCUT2D eigenvalue weighted by atomic mass is 9.95. The van der Waals surface area contributed by atoms with Gasteiger partial charge < -0.3 is 19.6 Å². The Morgan fingerprint density at radius 2 is 1.81 bits per heavy atom. The fourth-order valence-electron chi connectivity index (χ4n) is 4.09. The van der Waals surface area contributed by atoms with Crippen LogP contribution in [-0.4, -0.2) is 34.4 Å². The number of hydrogen-bond donors (Lipinski definition) is 2. The van der Waals surface area contributed by atoms with Crippen LogP contribution in [0.5, 0.6) is 0 Å². The van der Waals surface area contributed by atoms with Gasteiger partial charge in [0.1, 0.15) is 11.5 Å². The molecule has 9 heteroatoms. The van der Waals surface area contributed by atoms with Gasteiger partial charge in [-0.1, -0.05) is 0 Å². The van der Waals surface area contributed by atoms with Crippen LogP contribution in [0.25, 0.3) is 21.7 Å². The monoisotopic (exact) mass is 427 g/mol. The summed E-state index contributed by atoms with van der Waals surface area (Å²) in [6, 6.07) is 6.93. The van der Waals surface area contributed by atoms with Gasteiger partial charge in [-0.05, 0) is 41.8 Å². The maximum atomic E-state index is 14.0. The molecule has 4 aromatic rings. The highest BCUT2D eigenvalue weighted by molar-refractivity contribution is 5.98. The zero-order chi connectivity index (χ0) is 21.9. The van der Waals surface area contributed by atoms with Crippen molar-refractivity contribution in [1.29, 1.82) is 0 Å². The van der Waals surface area contributed by atoms with E-state index >= 15 is 0 Å². The largest absolute Gasteiger partial charge is 0.373 e. The minimum Gasteiger partial charge on any atom is -0.373 e. The van der Waals surface area contributed by atoms with Crippen molar-refractivity contribution in [2.45, 2.75) is 12.6 Å². The van der Waals surface area contributed by atoms with Crippen LogP contribution in [0.1, 0.15) is 27.8 Å². The van der Waals surface area contributed by atoms with Gasteiger partial charge >= 0.3 is 0 Å². The van der Waals surface area contributed by atoms with Crippen LogP contribution in [-0.2, 0) is 11.3 Å². The van der Waals surface area contributed by atoms with Crippen LogP contribution < -0.4 is 5.56 Å². The number of amides is 1. The highest BCUT2D eigenvalue weighted by Gasteiger charge is 2.32. The van der Waals surface area contributed by atoms with Crippen LogP contribution >= 0.6 is 0 Å². The molecule has 0 bridgehead atoms. The van der Waals surface area contributed by atoms with Gasteiger partial charge in [0.05, 0.1) is 24.6 Å². The third kappa shape index (κ3) is 3.09. The van der Waals surface area contributed by atoms with E-state index in [0.717, 1.165) is 12.1 Å². The fourth-order valence-corrected chi connectivity index (χ4v) is 4.09. The number of halogens is 3. The number of fused-ring (bicyclic) bond motifs is 4. The third-order valence-electron chi connectivity index (χ3n) is 5.64. The molecule has 31 heavy (non-hydrogen) atoms. The van der Waals surface area contributed by atoms with Crippen LogP contribution in [0.4, 0.5) is 13.2 Å². The molecule has 2 N–H and O–H groups in total. The maximum Gasteiger partial charge on any atom is 0.270 e. The summed E-state index contributed by atoms with van der Waals surface area (Å²) in [6.45, 7) is 0.175. The van der Waals surface area contributed by atoms with Gasteiger partial charge in [0.25, 0.3) is 11.5 Å². The van der Waals surface area contributed by atoms with Gasteiger partial charge in [-0.25, -0.2) is 13.2 Å². The zero-order valence-corrected chi connectivity index (χ0v) is 16.3. The SMILES string of the molecule is CN(C(=O)c1cc2ccc(F)cc2[nH]1)[C@@H]1COCc2[nH]c(=O)c3cc(F)c(F)cc3c21. The van der Waals surface area contributed by atoms with E-state index < -0.39 is 35.0 Å². The fraction of sp³-hybridized carbons (Fsp3) is 0.182. The molecular weight excluding hydrogens is 411 g/mol. The lowest BCUT2D eigenvalue weighted by molar-refractivity contribution is 0.0333. The van der Waals surface area contributed by atoms with Gasteiger partial charge in [-0.3, -0.25) is 9.59 Å². The average molecular weight is 427 g/mol. The van der Waals surface area contributed by atoms with Crippen LogP contribution in [0.2, 0.25) is 0 Å². The highest BCUT2D eigenvalue weighted by atomic mass is 19.2. The molecule has 158 valence electrons. The third-order valence-corrected chi connectivity index (χ3v) is 5.64. The molecule has 1 atom stereocenters. The van der Waals surface area contributed by atoms with Gasteiger partial charge in [0.2, 0.25) is 0 Å². The minimum absolute atomic E-state index is 0.00788. The van der Waals surface area contributed by atoms with Gasteiger partial charge in [0.15, 0.2) is 11.6 Å². The Morgan fingerprint density at radius 1 is 1.06 bits per heavy atom. The number of H-pyrrole nitrogens is 2. The molecule has 2 aromatic carbocycles. The molecule has 0 saturated heterocycles. The molecule has 0 radical (unpaired) electrons. The molecule has 3 heterocycles. The molecule has 0 fully saturated rings. The molecular formula is C22H16F3N3O3. The van der Waals surface area contributed by atoms with E-state index in [9.17, 15) is 22.8 Å². The second-order valence-electron chi connectivity index (χ2n) is 7.52. The zero-order valence-electron chi connectivity index (χ0n) is 16.3. The quantitative estimate of drug-likeness (QED) is 0.511. The van der Waals surface area contributed by atoms with Crippen LogP contribution in [0, 0.1) is 17.5 Å². The summed E-state index contributed by atoms with van der Waals surface area (Å²) >= 11 is 0. The number of ether oxygens (including phenoxy) is 1. The summed E-state index contributed by atoms with van der Waals surface area (Å²) in [5.41, 5.74) is 1.05. The smallest absolute Gasteiger partial charge is 0.270 e. The first-order chi connectivity index (χ1) is 14.8. The van der Waals surface area contributed by atoms with Crippen molar-refractivity contribution in [2.24, 2.45) is 0 Å². The molecule has 0 unspecified atom stereocenters. The Hall–Kier alpha value is -3.59. The van der Waals surface area contributed by atoms with Crippen LogP contribution in [0.15, 0.2) is 41.2 Å². The lowest BCUT2D eigenvalue weighted by Crippen LogP contribution is -2.37. The van der Waals surface area contributed by atoms with Gasteiger partial charge in [-0.2, -0.15) is 0 Å². The number of rotatable bonds is 2. The molecule has 1 aliphatic heterocycles. The standard InChI is InChI=1S/C22H16F3N3O3/c1-28(22(30)17-4-10-2-3-11(23)5-16(10)26-17)19-9-31-8-18-20(19)12-6-14(24)15(25)7-13(12)21(29)27-18/h2-7,19,26H,8-9H2,1H3,(H,27,29)/t19-/m1/s1. The number of aromatic nitrogens is 2. The number of likely N-dealkylation sites (N-methyl/N-ethyl adjacent to an activating group) is 1. The number of pyridine rings is 1. The summed E-state index contributed by atoms with van der Waals surface area (Å²) in [7, 11) is 1.55. The Kier molecular flexibility index (Phi) is 4.37. The van der Waals surface area contributed by atoms with E-state index in [-0.39, 0.29) is 29.7 Å². The normalized spacial score (nSPS) is 15.9. The van der Waals surface area contributed by atoms with Crippen molar-refractivity contribution in [3.05, 3.63) is 81.2 Å². The summed E-state index contributed by atoms with van der Waals surface area (Å²) in [6.07, 6.45) is 0. The van der Waals surface area contributed by atoms with E-state index in [4.69, 9.17) is 4.74 Å².